The van der Waals surface area contributed by atoms with Gasteiger partial charge >= 0.3 is 6.18 Å². The first kappa shape index (κ1) is 14.8. The van der Waals surface area contributed by atoms with Crippen LogP contribution in [0.3, 0.4) is 0 Å². The summed E-state index contributed by atoms with van der Waals surface area (Å²) in [7, 11) is 0. The van der Waals surface area contributed by atoms with Crippen molar-refractivity contribution in [1.29, 1.82) is 0 Å². The normalized spacial score (nSPS) is 11.2. The Hall–Kier alpha value is -2.58. The van der Waals surface area contributed by atoms with E-state index >= 15 is 0 Å². The van der Waals surface area contributed by atoms with E-state index in [-0.39, 0.29) is 5.89 Å². The number of hydrogen-bond acceptors (Lipinski definition) is 5. The van der Waals surface area contributed by atoms with Crippen molar-refractivity contribution in [2.75, 3.05) is 13.2 Å². The van der Waals surface area contributed by atoms with Gasteiger partial charge in [0.25, 0.3) is 5.91 Å². The van der Waals surface area contributed by atoms with E-state index in [1.165, 1.54) is 6.07 Å². The molecule has 0 fully saturated rings. The summed E-state index contributed by atoms with van der Waals surface area (Å²) in [6.07, 6.45) is -3.29. The van der Waals surface area contributed by atoms with Crippen molar-refractivity contribution < 1.29 is 27.1 Å². The Morgan fingerprint density at radius 1 is 1.38 bits per heavy atom. The van der Waals surface area contributed by atoms with Crippen molar-refractivity contribution in [2.24, 2.45) is 0 Å². The number of ether oxygens (including phenoxy) is 1. The van der Waals surface area contributed by atoms with Gasteiger partial charge < -0.3 is 14.5 Å². The molecule has 0 saturated heterocycles. The monoisotopic (exact) mass is 301 g/mol. The third-order valence-electron chi connectivity index (χ3n) is 2.30. The lowest BCUT2D eigenvalue weighted by molar-refractivity contribution is -0.139. The van der Waals surface area contributed by atoms with Crippen LogP contribution in [0, 0.1) is 0 Å². The van der Waals surface area contributed by atoms with Gasteiger partial charge in [0.1, 0.15) is 12.3 Å². The van der Waals surface area contributed by atoms with Gasteiger partial charge in [-0.2, -0.15) is 13.2 Å². The SMILES string of the molecule is O=C(COc1cccc(-c2nnco2)c1)NCC(F)(F)F. The molecule has 2 aromatic rings. The van der Waals surface area contributed by atoms with Gasteiger partial charge in [-0.15, -0.1) is 10.2 Å². The summed E-state index contributed by atoms with van der Waals surface area (Å²) in [4.78, 5) is 11.2. The van der Waals surface area contributed by atoms with E-state index in [1.807, 2.05) is 0 Å². The number of alkyl halides is 3. The van der Waals surface area contributed by atoms with Crippen LogP contribution in [0.4, 0.5) is 13.2 Å². The molecule has 1 aromatic heterocycles. The predicted molar refractivity (Wildman–Crippen MR) is 64.3 cm³/mol. The van der Waals surface area contributed by atoms with Crippen LogP contribution >= 0.6 is 0 Å². The van der Waals surface area contributed by atoms with Crippen LogP contribution in [-0.4, -0.2) is 35.4 Å². The van der Waals surface area contributed by atoms with Gasteiger partial charge in [0.2, 0.25) is 12.3 Å². The van der Waals surface area contributed by atoms with E-state index in [4.69, 9.17) is 9.15 Å². The smallest absolute Gasteiger partial charge is 0.405 e. The van der Waals surface area contributed by atoms with E-state index in [1.54, 1.807) is 23.5 Å². The molecule has 6 nitrogen and oxygen atoms in total. The molecule has 0 aliphatic heterocycles. The van der Waals surface area contributed by atoms with E-state index in [0.717, 1.165) is 6.39 Å². The van der Waals surface area contributed by atoms with Crippen LogP contribution in [0.15, 0.2) is 35.1 Å². The molecule has 9 heteroatoms. The number of carbonyl (C=O) groups excluding carboxylic acids is 1. The number of benzene rings is 1. The molecule has 0 aliphatic rings. The summed E-state index contributed by atoms with van der Waals surface area (Å²) >= 11 is 0. The Labute approximate surface area is 116 Å². The van der Waals surface area contributed by atoms with Crippen LogP contribution in [0.5, 0.6) is 5.75 Å². The van der Waals surface area contributed by atoms with Crippen molar-refractivity contribution in [3.8, 4) is 17.2 Å². The van der Waals surface area contributed by atoms with Gasteiger partial charge in [-0.3, -0.25) is 4.79 Å². The number of aromatic nitrogens is 2. The highest BCUT2D eigenvalue weighted by atomic mass is 19.4. The standard InChI is InChI=1S/C12H10F3N3O3/c13-12(14,15)6-16-10(19)5-20-9-3-1-2-8(4-9)11-18-17-7-21-11/h1-4,7H,5-6H2,(H,16,19). The van der Waals surface area contributed by atoms with E-state index in [0.29, 0.717) is 11.3 Å². The maximum atomic E-state index is 11.9. The minimum absolute atomic E-state index is 0.266. The number of nitrogens with one attached hydrogen (secondary N) is 1. The molecule has 0 aliphatic carbocycles. The van der Waals surface area contributed by atoms with Gasteiger partial charge in [0, 0.05) is 5.56 Å². The molecular weight excluding hydrogens is 291 g/mol. The molecule has 1 aromatic carbocycles. The van der Waals surface area contributed by atoms with Crippen molar-refractivity contribution in [1.82, 2.24) is 15.5 Å². The number of rotatable bonds is 5. The average Bonchev–Trinajstić information content (AvgIpc) is 2.96. The molecule has 0 bridgehead atoms. The zero-order chi connectivity index (χ0) is 15.3. The molecule has 21 heavy (non-hydrogen) atoms. The zero-order valence-corrected chi connectivity index (χ0v) is 10.6. The van der Waals surface area contributed by atoms with Crippen LogP contribution < -0.4 is 10.1 Å². The van der Waals surface area contributed by atoms with Crippen molar-refractivity contribution in [3.05, 3.63) is 30.7 Å². The quantitative estimate of drug-likeness (QED) is 0.911. The molecule has 0 unspecified atom stereocenters. The van der Waals surface area contributed by atoms with Gasteiger partial charge in [-0.1, -0.05) is 6.07 Å². The van der Waals surface area contributed by atoms with Crippen LogP contribution in [0.25, 0.3) is 11.5 Å². The second-order valence-electron chi connectivity index (χ2n) is 3.95. The number of amides is 1. The summed E-state index contributed by atoms with van der Waals surface area (Å²) in [6, 6.07) is 6.40. The summed E-state index contributed by atoms with van der Waals surface area (Å²) in [5, 5.41) is 8.93. The first-order valence-electron chi connectivity index (χ1n) is 5.77. The van der Waals surface area contributed by atoms with Crippen molar-refractivity contribution >= 4 is 5.91 Å². The summed E-state index contributed by atoms with van der Waals surface area (Å²) in [6.45, 7) is -1.92. The molecule has 112 valence electrons. The molecule has 1 N–H and O–H groups in total. The topological polar surface area (TPSA) is 77.2 Å². The Morgan fingerprint density at radius 3 is 2.86 bits per heavy atom. The third kappa shape index (κ3) is 4.79. The van der Waals surface area contributed by atoms with Gasteiger partial charge in [-0.05, 0) is 18.2 Å². The fourth-order valence-corrected chi connectivity index (χ4v) is 1.42. The summed E-state index contributed by atoms with van der Waals surface area (Å²) in [5.74, 6) is -0.301. The largest absolute Gasteiger partial charge is 0.484 e. The van der Waals surface area contributed by atoms with Crippen LogP contribution in [0.2, 0.25) is 0 Å². The van der Waals surface area contributed by atoms with E-state index in [9.17, 15) is 18.0 Å². The Morgan fingerprint density at radius 2 is 2.19 bits per heavy atom. The minimum atomic E-state index is -4.45. The van der Waals surface area contributed by atoms with Crippen molar-refractivity contribution in [2.45, 2.75) is 6.18 Å². The van der Waals surface area contributed by atoms with E-state index in [2.05, 4.69) is 10.2 Å². The minimum Gasteiger partial charge on any atom is -0.484 e. The predicted octanol–water partition coefficient (Wildman–Crippen LogP) is 1.79. The number of nitrogens with zero attached hydrogens (tertiary/aromatic N) is 2. The second-order valence-corrected chi connectivity index (χ2v) is 3.95. The lowest BCUT2D eigenvalue weighted by Gasteiger charge is -2.09. The molecule has 1 amide bonds. The zero-order valence-electron chi connectivity index (χ0n) is 10.6. The Bertz CT molecular complexity index is 599. The molecular formula is C12H10F3N3O3. The molecule has 0 saturated carbocycles. The van der Waals surface area contributed by atoms with Gasteiger partial charge in [-0.25, -0.2) is 0 Å². The number of hydrogen-bond donors (Lipinski definition) is 1. The lowest BCUT2D eigenvalue weighted by Crippen LogP contribution is -2.36. The number of carbonyl (C=O) groups is 1. The molecule has 0 spiro atoms. The fraction of sp³-hybridized carbons (Fsp3) is 0.250. The molecule has 0 radical (unpaired) electrons. The fourth-order valence-electron chi connectivity index (χ4n) is 1.42. The van der Waals surface area contributed by atoms with Crippen molar-refractivity contribution in [3.63, 3.8) is 0 Å². The highest BCUT2D eigenvalue weighted by Gasteiger charge is 2.27. The van der Waals surface area contributed by atoms with Crippen LogP contribution in [-0.2, 0) is 4.79 Å². The maximum Gasteiger partial charge on any atom is 0.405 e. The lowest BCUT2D eigenvalue weighted by atomic mass is 10.2. The first-order valence-corrected chi connectivity index (χ1v) is 5.77. The second kappa shape index (κ2) is 6.25. The average molecular weight is 301 g/mol. The maximum absolute atomic E-state index is 11.9. The third-order valence-corrected chi connectivity index (χ3v) is 2.30. The summed E-state index contributed by atoms with van der Waals surface area (Å²) < 4.78 is 45.8. The highest BCUT2D eigenvalue weighted by molar-refractivity contribution is 5.77. The van der Waals surface area contributed by atoms with E-state index < -0.39 is 25.2 Å². The molecule has 1 heterocycles. The van der Waals surface area contributed by atoms with Gasteiger partial charge in [0.15, 0.2) is 6.61 Å². The first-order chi connectivity index (χ1) is 9.94. The molecule has 0 atom stereocenters. The highest BCUT2D eigenvalue weighted by Crippen LogP contribution is 2.21. The Balaban J connectivity index is 1.89. The van der Waals surface area contributed by atoms with Crippen LogP contribution in [0.1, 0.15) is 0 Å². The van der Waals surface area contributed by atoms with Gasteiger partial charge in [0.05, 0.1) is 0 Å². The Kier molecular flexibility index (Phi) is 4.41. The number of halogens is 3. The molecule has 2 rings (SSSR count). The summed E-state index contributed by atoms with van der Waals surface area (Å²) in [5.41, 5.74) is 0.570.